The van der Waals surface area contributed by atoms with Gasteiger partial charge in [-0.25, -0.2) is 9.78 Å². The smallest absolute Gasteiger partial charge is 0.328 e. The van der Waals surface area contributed by atoms with Gasteiger partial charge in [-0.05, 0) is 6.07 Å². The second-order valence-corrected chi connectivity index (χ2v) is 3.39. The van der Waals surface area contributed by atoms with E-state index in [9.17, 15) is 4.79 Å². The summed E-state index contributed by atoms with van der Waals surface area (Å²) in [5.74, 6) is -0.455. The van der Waals surface area contributed by atoms with Crippen molar-refractivity contribution in [2.24, 2.45) is 0 Å². The standard InChI is InChI=1S/C11H8ClNO3/c12-6-7-2-1-3-8-11(7)16-9(13-8)4-5-10(14)15/h1-5H,6H2,(H,14,15)/b5-4+. The number of carbonyl (C=O) groups is 1. The SMILES string of the molecule is O=C(O)/C=C/c1nc2cccc(CCl)c2o1. The molecule has 5 heteroatoms. The lowest BCUT2D eigenvalue weighted by molar-refractivity contribution is -0.131. The number of hydrogen-bond donors (Lipinski definition) is 1. The van der Waals surface area contributed by atoms with Crippen molar-refractivity contribution in [1.29, 1.82) is 0 Å². The van der Waals surface area contributed by atoms with E-state index in [1.165, 1.54) is 6.08 Å². The van der Waals surface area contributed by atoms with Gasteiger partial charge in [0, 0.05) is 17.7 Å². The summed E-state index contributed by atoms with van der Waals surface area (Å²) in [5, 5.41) is 8.47. The first kappa shape index (κ1) is 10.7. The van der Waals surface area contributed by atoms with Crippen molar-refractivity contribution in [2.75, 3.05) is 0 Å². The second kappa shape index (κ2) is 4.37. The first-order valence-electron chi connectivity index (χ1n) is 4.56. The highest BCUT2D eigenvalue weighted by Gasteiger charge is 2.07. The van der Waals surface area contributed by atoms with Crippen LogP contribution in [0.15, 0.2) is 28.7 Å². The summed E-state index contributed by atoms with van der Waals surface area (Å²) < 4.78 is 5.39. The molecule has 1 aromatic heterocycles. The van der Waals surface area contributed by atoms with Gasteiger partial charge in [-0.2, -0.15) is 0 Å². The molecule has 0 amide bonds. The number of aliphatic carboxylic acids is 1. The van der Waals surface area contributed by atoms with Crippen molar-refractivity contribution in [3.63, 3.8) is 0 Å². The number of rotatable bonds is 3. The van der Waals surface area contributed by atoms with E-state index < -0.39 is 5.97 Å². The maximum absolute atomic E-state index is 10.3. The van der Waals surface area contributed by atoms with Gasteiger partial charge in [-0.15, -0.1) is 11.6 Å². The molecule has 0 bridgehead atoms. The van der Waals surface area contributed by atoms with Crippen molar-refractivity contribution < 1.29 is 14.3 Å². The zero-order chi connectivity index (χ0) is 11.5. The van der Waals surface area contributed by atoms with Crippen molar-refractivity contribution in [3.8, 4) is 0 Å². The fourth-order valence-electron chi connectivity index (χ4n) is 1.34. The lowest BCUT2D eigenvalue weighted by Gasteiger charge is -1.93. The lowest BCUT2D eigenvalue weighted by Crippen LogP contribution is -1.85. The van der Waals surface area contributed by atoms with Crippen LogP contribution in [-0.4, -0.2) is 16.1 Å². The Kier molecular flexibility index (Phi) is 2.92. The minimum absolute atomic E-state index is 0.259. The van der Waals surface area contributed by atoms with Crippen LogP contribution in [0.4, 0.5) is 0 Å². The summed E-state index contributed by atoms with van der Waals surface area (Å²) in [6.45, 7) is 0. The number of aromatic nitrogens is 1. The highest BCUT2D eigenvalue weighted by atomic mass is 35.5. The molecule has 82 valence electrons. The molecular weight excluding hydrogens is 230 g/mol. The van der Waals surface area contributed by atoms with Gasteiger partial charge in [0.1, 0.15) is 5.52 Å². The molecule has 0 fully saturated rings. The zero-order valence-electron chi connectivity index (χ0n) is 8.18. The highest BCUT2D eigenvalue weighted by molar-refractivity contribution is 6.17. The average Bonchev–Trinajstić information content (AvgIpc) is 2.68. The van der Waals surface area contributed by atoms with Crippen molar-refractivity contribution in [1.82, 2.24) is 4.98 Å². The fraction of sp³-hybridized carbons (Fsp3) is 0.0909. The quantitative estimate of drug-likeness (QED) is 0.659. The Hall–Kier alpha value is -1.81. The van der Waals surface area contributed by atoms with Gasteiger partial charge in [0.05, 0.1) is 5.88 Å². The number of carboxylic acid groups (broad SMARTS) is 1. The van der Waals surface area contributed by atoms with E-state index in [0.29, 0.717) is 17.0 Å². The lowest BCUT2D eigenvalue weighted by atomic mass is 10.2. The molecule has 0 aliphatic rings. The molecule has 0 spiro atoms. The summed E-state index contributed by atoms with van der Waals surface area (Å²) in [6, 6.07) is 5.45. The Morgan fingerprint density at radius 1 is 1.56 bits per heavy atom. The third kappa shape index (κ3) is 2.06. The summed E-state index contributed by atoms with van der Waals surface area (Å²) in [6.07, 6.45) is 2.28. The number of hydrogen-bond acceptors (Lipinski definition) is 3. The van der Waals surface area contributed by atoms with Gasteiger partial charge in [-0.1, -0.05) is 12.1 Å². The third-order valence-electron chi connectivity index (χ3n) is 2.03. The molecule has 0 saturated carbocycles. The van der Waals surface area contributed by atoms with Gasteiger partial charge >= 0.3 is 5.97 Å². The highest BCUT2D eigenvalue weighted by Crippen LogP contribution is 2.21. The number of para-hydroxylation sites is 1. The summed E-state index contributed by atoms with van der Waals surface area (Å²) >= 11 is 5.74. The molecule has 4 nitrogen and oxygen atoms in total. The number of halogens is 1. The topological polar surface area (TPSA) is 63.3 Å². The van der Waals surface area contributed by atoms with Crippen LogP contribution in [-0.2, 0) is 10.7 Å². The molecule has 0 atom stereocenters. The molecule has 1 aromatic carbocycles. The fourth-order valence-corrected chi connectivity index (χ4v) is 1.55. The van der Waals surface area contributed by atoms with Crippen LogP contribution < -0.4 is 0 Å². The van der Waals surface area contributed by atoms with Crippen LogP contribution in [0.3, 0.4) is 0 Å². The third-order valence-corrected chi connectivity index (χ3v) is 2.31. The monoisotopic (exact) mass is 237 g/mol. The Balaban J connectivity index is 2.47. The average molecular weight is 238 g/mol. The number of carboxylic acids is 1. The predicted molar refractivity (Wildman–Crippen MR) is 60.2 cm³/mol. The second-order valence-electron chi connectivity index (χ2n) is 3.12. The van der Waals surface area contributed by atoms with E-state index in [2.05, 4.69) is 4.98 Å². The Morgan fingerprint density at radius 2 is 2.38 bits per heavy atom. The van der Waals surface area contributed by atoms with Crippen LogP contribution in [0.5, 0.6) is 0 Å². The van der Waals surface area contributed by atoms with Gasteiger partial charge in [-0.3, -0.25) is 0 Å². The minimum atomic E-state index is -1.04. The molecule has 2 aromatic rings. The van der Waals surface area contributed by atoms with Gasteiger partial charge in [0.2, 0.25) is 5.89 Å². The van der Waals surface area contributed by atoms with Crippen molar-refractivity contribution in [3.05, 3.63) is 35.7 Å². The molecule has 0 unspecified atom stereocenters. The van der Waals surface area contributed by atoms with E-state index in [1.54, 1.807) is 6.07 Å². The van der Waals surface area contributed by atoms with Crippen LogP contribution in [0.1, 0.15) is 11.5 Å². The number of benzene rings is 1. The molecule has 1 heterocycles. The van der Waals surface area contributed by atoms with E-state index in [-0.39, 0.29) is 5.89 Å². The van der Waals surface area contributed by atoms with Gasteiger partial charge < -0.3 is 9.52 Å². The molecule has 16 heavy (non-hydrogen) atoms. The maximum atomic E-state index is 10.3. The summed E-state index contributed by atoms with van der Waals surface area (Å²) in [7, 11) is 0. The van der Waals surface area contributed by atoms with E-state index >= 15 is 0 Å². The van der Waals surface area contributed by atoms with Crippen LogP contribution >= 0.6 is 11.6 Å². The van der Waals surface area contributed by atoms with E-state index in [1.807, 2.05) is 12.1 Å². The number of nitrogens with zero attached hydrogens (tertiary/aromatic N) is 1. The molecule has 2 rings (SSSR count). The van der Waals surface area contributed by atoms with Crippen molar-refractivity contribution >= 4 is 34.7 Å². The van der Waals surface area contributed by atoms with Crippen LogP contribution in [0, 0.1) is 0 Å². The molecule has 0 saturated heterocycles. The molecule has 0 aliphatic heterocycles. The molecule has 0 aliphatic carbocycles. The van der Waals surface area contributed by atoms with Gasteiger partial charge in [0.25, 0.3) is 0 Å². The van der Waals surface area contributed by atoms with Crippen LogP contribution in [0.25, 0.3) is 17.2 Å². The number of alkyl halides is 1. The first-order valence-corrected chi connectivity index (χ1v) is 5.09. The predicted octanol–water partition coefficient (Wildman–Crippen LogP) is 2.66. The van der Waals surface area contributed by atoms with Gasteiger partial charge in [0.15, 0.2) is 5.58 Å². The normalized spacial score (nSPS) is 11.3. The Bertz CT molecular complexity index is 559. The van der Waals surface area contributed by atoms with E-state index in [0.717, 1.165) is 11.6 Å². The Morgan fingerprint density at radius 3 is 3.06 bits per heavy atom. The summed E-state index contributed by atoms with van der Waals surface area (Å²) in [5.41, 5.74) is 2.10. The molecular formula is C11H8ClNO3. The Labute approximate surface area is 96.2 Å². The number of fused-ring (bicyclic) bond motifs is 1. The molecule has 1 N–H and O–H groups in total. The zero-order valence-corrected chi connectivity index (χ0v) is 8.94. The van der Waals surface area contributed by atoms with E-state index in [4.69, 9.17) is 21.1 Å². The number of oxazole rings is 1. The summed E-state index contributed by atoms with van der Waals surface area (Å²) in [4.78, 5) is 14.5. The van der Waals surface area contributed by atoms with Crippen LogP contribution in [0.2, 0.25) is 0 Å². The minimum Gasteiger partial charge on any atom is -0.478 e. The first-order chi connectivity index (χ1) is 7.70. The maximum Gasteiger partial charge on any atom is 0.328 e. The largest absolute Gasteiger partial charge is 0.478 e. The molecule has 0 radical (unpaired) electrons. The van der Waals surface area contributed by atoms with Crippen molar-refractivity contribution in [2.45, 2.75) is 5.88 Å².